The third-order valence-corrected chi connectivity index (χ3v) is 4.80. The van der Waals surface area contributed by atoms with Gasteiger partial charge in [-0.15, -0.1) is 0 Å². The normalized spacial score (nSPS) is 17.6. The lowest BCUT2D eigenvalue weighted by Gasteiger charge is -2.38. The molecule has 2 amide bonds. The lowest BCUT2D eigenvalue weighted by atomic mass is 9.74. The lowest BCUT2D eigenvalue weighted by Crippen LogP contribution is -2.48. The summed E-state index contributed by atoms with van der Waals surface area (Å²) in [6.07, 6.45) is 1.46. The number of hydrogen-bond donors (Lipinski definition) is 2. The molecule has 1 aromatic rings. The van der Waals surface area contributed by atoms with Crippen molar-refractivity contribution in [2.45, 2.75) is 25.2 Å². The second-order valence-corrected chi connectivity index (χ2v) is 6.68. The number of urea groups is 1. The molecule has 0 bridgehead atoms. The summed E-state index contributed by atoms with van der Waals surface area (Å²) < 4.78 is 18.7. The van der Waals surface area contributed by atoms with Crippen molar-refractivity contribution < 1.29 is 23.8 Å². The van der Waals surface area contributed by atoms with E-state index in [0.717, 1.165) is 18.4 Å². The van der Waals surface area contributed by atoms with Gasteiger partial charge in [-0.25, -0.2) is 9.18 Å². The number of carbonyl (C=O) groups excluding carboxylic acids is 1. The highest BCUT2D eigenvalue weighted by Gasteiger charge is 2.35. The number of amides is 2. The fourth-order valence-corrected chi connectivity index (χ4v) is 3.08. The van der Waals surface area contributed by atoms with Gasteiger partial charge in [-0.3, -0.25) is 4.79 Å². The number of halogens is 1. The predicted molar refractivity (Wildman–Crippen MR) is 91.0 cm³/mol. The predicted octanol–water partition coefficient (Wildman–Crippen LogP) is 2.24. The van der Waals surface area contributed by atoms with Crippen molar-refractivity contribution in [3.05, 3.63) is 35.6 Å². The van der Waals surface area contributed by atoms with E-state index in [1.807, 2.05) is 0 Å². The van der Waals surface area contributed by atoms with Gasteiger partial charge in [0.1, 0.15) is 5.82 Å². The van der Waals surface area contributed by atoms with E-state index >= 15 is 0 Å². The molecule has 25 heavy (non-hydrogen) atoms. The van der Waals surface area contributed by atoms with Crippen LogP contribution in [0.25, 0.3) is 0 Å². The van der Waals surface area contributed by atoms with Crippen LogP contribution >= 0.6 is 0 Å². The van der Waals surface area contributed by atoms with Gasteiger partial charge < -0.3 is 20.1 Å². The van der Waals surface area contributed by atoms with Crippen LogP contribution in [0, 0.1) is 11.7 Å². The number of aliphatic carboxylic acids is 1. The van der Waals surface area contributed by atoms with Gasteiger partial charge in [-0.05, 0) is 30.5 Å². The Bertz CT molecular complexity index is 600. The van der Waals surface area contributed by atoms with E-state index in [2.05, 4.69) is 5.32 Å². The summed E-state index contributed by atoms with van der Waals surface area (Å²) in [5.41, 5.74) is 0.667. The molecule has 0 aromatic heterocycles. The Morgan fingerprint density at radius 2 is 1.92 bits per heavy atom. The molecule has 1 aromatic carbocycles. The van der Waals surface area contributed by atoms with E-state index in [0.29, 0.717) is 19.8 Å². The number of benzene rings is 1. The van der Waals surface area contributed by atoms with Crippen molar-refractivity contribution in [3.8, 4) is 0 Å². The third-order valence-electron chi connectivity index (χ3n) is 4.80. The summed E-state index contributed by atoms with van der Waals surface area (Å²) in [6, 6.07) is 6.04. The van der Waals surface area contributed by atoms with Crippen molar-refractivity contribution in [2.75, 3.05) is 33.4 Å². The summed E-state index contributed by atoms with van der Waals surface area (Å²) >= 11 is 0. The van der Waals surface area contributed by atoms with E-state index in [9.17, 15) is 14.0 Å². The Hall–Kier alpha value is -2.15. The smallest absolute Gasteiger partial charge is 0.317 e. The molecular weight excluding hydrogens is 327 g/mol. The summed E-state index contributed by atoms with van der Waals surface area (Å²) in [6.45, 7) is 3.25. The van der Waals surface area contributed by atoms with E-state index < -0.39 is 11.9 Å². The molecule has 7 heteroatoms. The number of carboxylic acids is 1. The van der Waals surface area contributed by atoms with E-state index in [-0.39, 0.29) is 23.8 Å². The molecule has 1 unspecified atom stereocenters. The minimum absolute atomic E-state index is 0.133. The van der Waals surface area contributed by atoms with Crippen molar-refractivity contribution >= 4 is 12.0 Å². The fraction of sp³-hybridized carbons (Fsp3) is 0.556. The summed E-state index contributed by atoms with van der Waals surface area (Å²) in [7, 11) is 1.57. The first-order chi connectivity index (χ1) is 11.8. The maximum absolute atomic E-state index is 13.2. The molecule has 1 atom stereocenters. The number of carboxylic acid groups (broad SMARTS) is 1. The average molecular weight is 352 g/mol. The fourth-order valence-electron chi connectivity index (χ4n) is 3.08. The van der Waals surface area contributed by atoms with Crippen molar-refractivity contribution in [3.63, 3.8) is 0 Å². The second kappa shape index (κ2) is 8.29. The van der Waals surface area contributed by atoms with Crippen LogP contribution in [0.15, 0.2) is 24.3 Å². The first-order valence-electron chi connectivity index (χ1n) is 8.40. The highest BCUT2D eigenvalue weighted by Crippen LogP contribution is 2.34. The summed E-state index contributed by atoms with van der Waals surface area (Å²) in [4.78, 5) is 24.6. The minimum Gasteiger partial charge on any atom is -0.481 e. The largest absolute Gasteiger partial charge is 0.481 e. The van der Waals surface area contributed by atoms with Crippen LogP contribution in [-0.4, -0.2) is 55.4 Å². The molecule has 0 aliphatic carbocycles. The lowest BCUT2D eigenvalue weighted by molar-refractivity contribution is -0.141. The van der Waals surface area contributed by atoms with E-state index in [4.69, 9.17) is 9.84 Å². The molecule has 6 nitrogen and oxygen atoms in total. The molecule has 138 valence electrons. The molecule has 0 spiro atoms. The van der Waals surface area contributed by atoms with Gasteiger partial charge in [-0.1, -0.05) is 19.1 Å². The minimum atomic E-state index is -0.938. The topological polar surface area (TPSA) is 78.9 Å². The highest BCUT2D eigenvalue weighted by molar-refractivity contribution is 5.75. The number of nitrogens with one attached hydrogen (secondary N) is 1. The number of ether oxygens (including phenoxy) is 1. The van der Waals surface area contributed by atoms with Gasteiger partial charge in [0.15, 0.2) is 0 Å². The van der Waals surface area contributed by atoms with E-state index in [1.54, 1.807) is 26.1 Å². The molecule has 1 aliphatic rings. The standard InChI is InChI=1S/C18H25FN2O4/c1-13(16(22)23)11-21(2)17(24)20-12-18(7-9-25-10-8-18)14-3-5-15(19)6-4-14/h3-6,13H,7-12H2,1-2H3,(H,20,24)(H,22,23). The van der Waals surface area contributed by atoms with Crippen LogP contribution in [0.3, 0.4) is 0 Å². The molecule has 1 saturated heterocycles. The first-order valence-corrected chi connectivity index (χ1v) is 8.40. The Morgan fingerprint density at radius 3 is 2.48 bits per heavy atom. The first kappa shape index (κ1) is 19.2. The Morgan fingerprint density at radius 1 is 1.32 bits per heavy atom. The van der Waals surface area contributed by atoms with Crippen molar-refractivity contribution in [1.82, 2.24) is 10.2 Å². The van der Waals surface area contributed by atoms with Gasteiger partial charge in [0, 0.05) is 38.8 Å². The molecule has 0 radical (unpaired) electrons. The maximum Gasteiger partial charge on any atom is 0.317 e. The number of hydrogen-bond acceptors (Lipinski definition) is 3. The van der Waals surface area contributed by atoms with Crippen molar-refractivity contribution in [2.24, 2.45) is 5.92 Å². The molecule has 1 heterocycles. The number of rotatable bonds is 6. The van der Waals surface area contributed by atoms with Crippen LogP contribution in [-0.2, 0) is 14.9 Å². The maximum atomic E-state index is 13.2. The van der Waals surface area contributed by atoms with Gasteiger partial charge >= 0.3 is 12.0 Å². The molecule has 0 saturated carbocycles. The second-order valence-electron chi connectivity index (χ2n) is 6.68. The zero-order chi connectivity index (χ0) is 18.4. The van der Waals surface area contributed by atoms with Crippen molar-refractivity contribution in [1.29, 1.82) is 0 Å². The Kier molecular flexibility index (Phi) is 6.36. The average Bonchev–Trinajstić information content (AvgIpc) is 2.60. The monoisotopic (exact) mass is 352 g/mol. The van der Waals surface area contributed by atoms with E-state index in [1.165, 1.54) is 17.0 Å². The molecule has 1 fully saturated rings. The van der Waals surface area contributed by atoms with Gasteiger partial charge in [0.25, 0.3) is 0 Å². The van der Waals surface area contributed by atoms with Crippen LogP contribution < -0.4 is 5.32 Å². The Balaban J connectivity index is 2.04. The summed E-state index contributed by atoms with van der Waals surface area (Å²) in [5, 5.41) is 11.9. The van der Waals surface area contributed by atoms with Gasteiger partial charge in [-0.2, -0.15) is 0 Å². The third kappa shape index (κ3) is 4.92. The van der Waals surface area contributed by atoms with Crippen LogP contribution in [0.4, 0.5) is 9.18 Å². The summed E-state index contributed by atoms with van der Waals surface area (Å²) in [5.74, 6) is -1.87. The van der Waals surface area contributed by atoms with Gasteiger partial charge in [0.2, 0.25) is 0 Å². The quantitative estimate of drug-likeness (QED) is 0.823. The Labute approximate surface area is 147 Å². The SMILES string of the molecule is CC(CN(C)C(=O)NCC1(c2ccc(F)cc2)CCOCC1)C(=O)O. The molecule has 2 N–H and O–H groups in total. The highest BCUT2D eigenvalue weighted by atomic mass is 19.1. The molecule has 2 rings (SSSR count). The number of nitrogens with zero attached hydrogens (tertiary/aromatic N) is 1. The van der Waals surface area contributed by atoms with Gasteiger partial charge in [0.05, 0.1) is 5.92 Å². The van der Waals surface area contributed by atoms with Crippen LogP contribution in [0.1, 0.15) is 25.3 Å². The van der Waals surface area contributed by atoms with Crippen LogP contribution in [0.2, 0.25) is 0 Å². The van der Waals surface area contributed by atoms with Crippen LogP contribution in [0.5, 0.6) is 0 Å². The molecular formula is C18H25FN2O4. The number of carbonyl (C=O) groups is 2. The zero-order valence-electron chi connectivity index (χ0n) is 14.6. The zero-order valence-corrected chi connectivity index (χ0v) is 14.6. The molecule has 1 aliphatic heterocycles.